The molecule has 0 fully saturated rings. The van der Waals surface area contributed by atoms with Crippen molar-refractivity contribution < 1.29 is 47.6 Å². The number of aliphatic hydroxyl groups is 1. The number of unbranched alkanes of at least 4 members (excludes halogenated alkanes) is 6. The third-order valence-corrected chi connectivity index (χ3v) is 3.86. The van der Waals surface area contributed by atoms with Crippen LogP contribution in [0.5, 0.6) is 0 Å². The maximum atomic E-state index is 10.3. The first-order chi connectivity index (χ1) is 8.45. The molecule has 1 unspecified atom stereocenters. The van der Waals surface area contributed by atoms with E-state index in [-0.39, 0.29) is 41.4 Å². The normalized spacial score (nSPS) is 13.0. The summed E-state index contributed by atoms with van der Waals surface area (Å²) in [6.45, 7) is 2.12. The van der Waals surface area contributed by atoms with Crippen molar-refractivity contribution in [3.8, 4) is 0 Å². The smallest absolute Gasteiger partial charge is 0.748 e. The second kappa shape index (κ2) is 13.8. The van der Waals surface area contributed by atoms with E-state index in [4.69, 9.17) is 0 Å². The Morgan fingerprint density at radius 3 is 1.95 bits per heavy atom. The summed E-state index contributed by atoms with van der Waals surface area (Å²) in [5, 5.41) is 9.61. The van der Waals surface area contributed by atoms with Crippen LogP contribution in [0.25, 0.3) is 0 Å². The van der Waals surface area contributed by atoms with Gasteiger partial charge in [-0.1, -0.05) is 51.9 Å². The van der Waals surface area contributed by atoms with Gasteiger partial charge in [0.2, 0.25) is 0 Å². The molecule has 0 aromatic rings. The molecule has 19 heavy (non-hydrogen) atoms. The van der Waals surface area contributed by atoms with Crippen molar-refractivity contribution >= 4 is 10.1 Å². The minimum Gasteiger partial charge on any atom is -0.748 e. The van der Waals surface area contributed by atoms with E-state index in [0.29, 0.717) is 6.42 Å². The second-order valence-corrected chi connectivity index (χ2v) is 6.49. The molecule has 1 atom stereocenters. The first kappa shape index (κ1) is 22.2. The zero-order valence-corrected chi connectivity index (χ0v) is 15.3. The van der Waals surface area contributed by atoms with Crippen LogP contribution < -0.4 is 29.6 Å². The summed E-state index contributed by atoms with van der Waals surface area (Å²) in [6.07, 6.45) is 9.25. The molecular weight excluding hydrogens is 275 g/mol. The van der Waals surface area contributed by atoms with Gasteiger partial charge in [-0.3, -0.25) is 0 Å². The van der Waals surface area contributed by atoms with Crippen LogP contribution in [0.4, 0.5) is 0 Å². The molecule has 0 spiro atoms. The minimum atomic E-state index is -4.02. The third kappa shape index (κ3) is 18.9. The molecular formula is C13H27NaO4S. The Labute approximate surface area is 140 Å². The van der Waals surface area contributed by atoms with Crippen LogP contribution in [0.15, 0.2) is 0 Å². The van der Waals surface area contributed by atoms with Crippen LogP contribution in [-0.2, 0) is 10.1 Å². The quantitative estimate of drug-likeness (QED) is 0.308. The zero-order valence-electron chi connectivity index (χ0n) is 12.4. The molecule has 0 saturated heterocycles. The van der Waals surface area contributed by atoms with Crippen molar-refractivity contribution in [2.24, 2.45) is 0 Å². The number of rotatable bonds is 12. The van der Waals surface area contributed by atoms with E-state index in [0.717, 1.165) is 57.8 Å². The predicted octanol–water partition coefficient (Wildman–Crippen LogP) is -0.183. The maximum absolute atomic E-state index is 10.3. The first-order valence-corrected chi connectivity index (χ1v) is 8.65. The van der Waals surface area contributed by atoms with Crippen molar-refractivity contribution in [2.45, 2.75) is 77.2 Å². The number of aliphatic hydroxyl groups excluding tert-OH is 1. The predicted molar refractivity (Wildman–Crippen MR) is 72.4 cm³/mol. The van der Waals surface area contributed by atoms with Crippen molar-refractivity contribution in [1.82, 2.24) is 0 Å². The Bertz CT molecular complexity index is 280. The van der Waals surface area contributed by atoms with Crippen molar-refractivity contribution in [3.05, 3.63) is 0 Å². The largest absolute Gasteiger partial charge is 1.00 e. The summed E-state index contributed by atoms with van der Waals surface area (Å²) >= 11 is 0. The molecule has 0 heterocycles. The van der Waals surface area contributed by atoms with Gasteiger partial charge in [-0.2, -0.15) is 0 Å². The van der Waals surface area contributed by atoms with Gasteiger partial charge >= 0.3 is 29.6 Å². The van der Waals surface area contributed by atoms with E-state index in [1.54, 1.807) is 0 Å². The summed E-state index contributed by atoms with van der Waals surface area (Å²) < 4.78 is 31.0. The molecule has 4 nitrogen and oxygen atoms in total. The standard InChI is InChI=1S/C13H28O4S.Na/c1-2-3-10-13(14)11-8-6-4-5-7-9-12-18(15,16)17;/h13-14H,2-12H2,1H3,(H,15,16,17);/q;+1/p-1. The fourth-order valence-corrected chi connectivity index (χ4v) is 2.51. The van der Waals surface area contributed by atoms with E-state index >= 15 is 0 Å². The average Bonchev–Trinajstić information content (AvgIpc) is 2.28. The van der Waals surface area contributed by atoms with E-state index in [1.165, 1.54) is 0 Å². The van der Waals surface area contributed by atoms with Gasteiger partial charge in [0.05, 0.1) is 16.2 Å². The molecule has 0 aliphatic heterocycles. The van der Waals surface area contributed by atoms with Crippen LogP contribution in [0.2, 0.25) is 0 Å². The van der Waals surface area contributed by atoms with Crippen molar-refractivity contribution in [2.75, 3.05) is 5.75 Å². The molecule has 0 aliphatic rings. The molecule has 0 aliphatic carbocycles. The topological polar surface area (TPSA) is 77.4 Å². The number of hydrogen-bond acceptors (Lipinski definition) is 4. The van der Waals surface area contributed by atoms with Crippen LogP contribution in [-0.4, -0.2) is 29.9 Å². The molecule has 1 N–H and O–H groups in total. The first-order valence-electron chi connectivity index (χ1n) is 7.07. The van der Waals surface area contributed by atoms with Gasteiger partial charge in [0.15, 0.2) is 0 Å². The van der Waals surface area contributed by atoms with Gasteiger partial charge in [-0.05, 0) is 19.3 Å². The summed E-state index contributed by atoms with van der Waals surface area (Å²) in [4.78, 5) is 0. The monoisotopic (exact) mass is 302 g/mol. The average molecular weight is 302 g/mol. The SMILES string of the molecule is CCCCC(O)CCCCCCCCS(=O)(=O)[O-].[Na+]. The summed E-state index contributed by atoms with van der Waals surface area (Å²) in [5.74, 6) is -0.233. The van der Waals surface area contributed by atoms with E-state index in [2.05, 4.69) is 6.92 Å². The fourth-order valence-electron chi connectivity index (χ4n) is 1.95. The van der Waals surface area contributed by atoms with Crippen molar-refractivity contribution in [1.29, 1.82) is 0 Å². The van der Waals surface area contributed by atoms with Gasteiger partial charge in [-0.25, -0.2) is 8.42 Å². The van der Waals surface area contributed by atoms with E-state index < -0.39 is 10.1 Å². The summed E-state index contributed by atoms with van der Waals surface area (Å²) in [5.41, 5.74) is 0. The zero-order chi connectivity index (χ0) is 13.9. The molecule has 0 aromatic carbocycles. The Balaban J connectivity index is 0. The minimum absolute atomic E-state index is 0. The Hall–Kier alpha value is 0.870. The van der Waals surface area contributed by atoms with Crippen LogP contribution in [0.3, 0.4) is 0 Å². The van der Waals surface area contributed by atoms with Crippen LogP contribution >= 0.6 is 0 Å². The Morgan fingerprint density at radius 2 is 1.42 bits per heavy atom. The molecule has 0 saturated carbocycles. The van der Waals surface area contributed by atoms with Gasteiger partial charge in [0, 0.05) is 5.75 Å². The molecule has 6 heteroatoms. The fraction of sp³-hybridized carbons (Fsp3) is 1.00. The van der Waals surface area contributed by atoms with Crippen LogP contribution in [0.1, 0.15) is 71.1 Å². The van der Waals surface area contributed by atoms with Gasteiger partial charge < -0.3 is 9.66 Å². The third-order valence-electron chi connectivity index (χ3n) is 3.07. The molecule has 0 radical (unpaired) electrons. The van der Waals surface area contributed by atoms with Crippen LogP contribution in [0, 0.1) is 0 Å². The summed E-state index contributed by atoms with van der Waals surface area (Å²) in [6, 6.07) is 0. The molecule has 0 aromatic heterocycles. The molecule has 110 valence electrons. The maximum Gasteiger partial charge on any atom is 1.00 e. The Kier molecular flexibility index (Phi) is 16.1. The van der Waals surface area contributed by atoms with Crippen molar-refractivity contribution in [3.63, 3.8) is 0 Å². The molecule has 0 bridgehead atoms. The number of hydrogen-bond donors (Lipinski definition) is 1. The Morgan fingerprint density at radius 1 is 0.947 bits per heavy atom. The van der Waals surface area contributed by atoms with E-state index in [1.807, 2.05) is 0 Å². The van der Waals surface area contributed by atoms with Gasteiger partial charge in [0.1, 0.15) is 0 Å². The molecule has 0 amide bonds. The van der Waals surface area contributed by atoms with Gasteiger partial charge in [0.25, 0.3) is 0 Å². The van der Waals surface area contributed by atoms with E-state index in [9.17, 15) is 18.1 Å². The summed E-state index contributed by atoms with van der Waals surface area (Å²) in [7, 11) is -4.02. The second-order valence-electron chi connectivity index (χ2n) is 4.97. The van der Waals surface area contributed by atoms with Gasteiger partial charge in [-0.15, -0.1) is 0 Å². The molecule has 0 rings (SSSR count).